The second-order valence-corrected chi connectivity index (χ2v) is 7.69. The molecule has 2 aromatic carbocycles. The molecular formula is C23H24O4. The number of benzene rings is 2. The van der Waals surface area contributed by atoms with Crippen LogP contribution in [0.5, 0.6) is 0 Å². The summed E-state index contributed by atoms with van der Waals surface area (Å²) in [4.78, 5) is 25.0. The van der Waals surface area contributed by atoms with Crippen LogP contribution in [0.4, 0.5) is 0 Å². The molecule has 4 heteroatoms. The maximum absolute atomic E-state index is 12.6. The molecule has 0 spiro atoms. The number of fused-ring (bicyclic) bond motifs is 2. The second kappa shape index (κ2) is 7.55. The molecule has 0 amide bonds. The average molecular weight is 364 g/mol. The van der Waals surface area contributed by atoms with Gasteiger partial charge in [0.25, 0.3) is 0 Å². The molecule has 2 aliphatic rings. The van der Waals surface area contributed by atoms with Crippen molar-refractivity contribution in [2.24, 2.45) is 11.3 Å². The quantitative estimate of drug-likeness (QED) is 0.725. The summed E-state index contributed by atoms with van der Waals surface area (Å²) >= 11 is 0. The van der Waals surface area contributed by atoms with Gasteiger partial charge in [0.15, 0.2) is 0 Å². The minimum absolute atomic E-state index is 0.178. The first-order chi connectivity index (χ1) is 13.2. The molecule has 3 unspecified atom stereocenters. The van der Waals surface area contributed by atoms with Gasteiger partial charge in [-0.15, -0.1) is 0 Å². The van der Waals surface area contributed by atoms with E-state index in [4.69, 9.17) is 9.47 Å². The van der Waals surface area contributed by atoms with Gasteiger partial charge in [-0.3, -0.25) is 0 Å². The average Bonchev–Trinajstić information content (AvgIpc) is 2.91. The Morgan fingerprint density at radius 2 is 1.48 bits per heavy atom. The van der Waals surface area contributed by atoms with E-state index in [0.29, 0.717) is 23.7 Å². The van der Waals surface area contributed by atoms with Gasteiger partial charge in [-0.1, -0.05) is 42.8 Å². The Balaban J connectivity index is 1.47. The molecule has 3 atom stereocenters. The van der Waals surface area contributed by atoms with Gasteiger partial charge < -0.3 is 9.47 Å². The summed E-state index contributed by atoms with van der Waals surface area (Å²) in [5.41, 5.74) is 0.869. The molecule has 0 radical (unpaired) electrons. The van der Waals surface area contributed by atoms with E-state index in [-0.39, 0.29) is 23.5 Å². The summed E-state index contributed by atoms with van der Waals surface area (Å²) in [7, 11) is 0. The lowest BCUT2D eigenvalue weighted by atomic mass is 9.73. The molecule has 2 aromatic rings. The SMILES string of the molecule is O=C(OCC12CCCC(CC1)C2OC(=O)c1ccccc1)c1ccccc1. The molecule has 2 fully saturated rings. The first-order valence-electron chi connectivity index (χ1n) is 9.66. The van der Waals surface area contributed by atoms with Crippen LogP contribution in [-0.4, -0.2) is 24.6 Å². The highest BCUT2D eigenvalue weighted by molar-refractivity contribution is 5.90. The van der Waals surface area contributed by atoms with E-state index in [1.165, 1.54) is 0 Å². The van der Waals surface area contributed by atoms with Gasteiger partial charge in [0, 0.05) is 5.41 Å². The monoisotopic (exact) mass is 364 g/mol. The zero-order valence-electron chi connectivity index (χ0n) is 15.3. The molecular weight excluding hydrogens is 340 g/mol. The van der Waals surface area contributed by atoms with Crippen LogP contribution >= 0.6 is 0 Å². The van der Waals surface area contributed by atoms with Crippen LogP contribution in [0.2, 0.25) is 0 Å². The Morgan fingerprint density at radius 3 is 2.15 bits per heavy atom. The van der Waals surface area contributed by atoms with Crippen molar-refractivity contribution in [2.75, 3.05) is 6.61 Å². The van der Waals surface area contributed by atoms with Gasteiger partial charge in [-0.05, 0) is 55.9 Å². The van der Waals surface area contributed by atoms with Crippen LogP contribution in [0.15, 0.2) is 60.7 Å². The summed E-state index contributed by atoms with van der Waals surface area (Å²) in [6.45, 7) is 0.309. The van der Waals surface area contributed by atoms with E-state index >= 15 is 0 Å². The lowest BCUT2D eigenvalue weighted by molar-refractivity contribution is -0.0654. The highest BCUT2D eigenvalue weighted by atomic mass is 16.6. The normalized spacial score (nSPS) is 26.4. The first kappa shape index (κ1) is 17.8. The van der Waals surface area contributed by atoms with Gasteiger partial charge >= 0.3 is 11.9 Å². The molecule has 0 aromatic heterocycles. The van der Waals surface area contributed by atoms with Crippen LogP contribution in [0, 0.1) is 11.3 Å². The molecule has 4 rings (SSSR count). The number of hydrogen-bond acceptors (Lipinski definition) is 4. The number of esters is 2. The Morgan fingerprint density at radius 1 is 0.852 bits per heavy atom. The van der Waals surface area contributed by atoms with Crippen molar-refractivity contribution in [3.05, 3.63) is 71.8 Å². The van der Waals surface area contributed by atoms with Crippen molar-refractivity contribution in [1.82, 2.24) is 0 Å². The third-order valence-corrected chi connectivity index (χ3v) is 6.04. The van der Waals surface area contributed by atoms with E-state index in [2.05, 4.69) is 0 Å². The largest absolute Gasteiger partial charge is 0.461 e. The van der Waals surface area contributed by atoms with Crippen molar-refractivity contribution in [1.29, 1.82) is 0 Å². The molecule has 2 saturated carbocycles. The van der Waals surface area contributed by atoms with Crippen molar-refractivity contribution in [2.45, 2.75) is 38.2 Å². The van der Waals surface area contributed by atoms with Gasteiger partial charge in [-0.25, -0.2) is 9.59 Å². The van der Waals surface area contributed by atoms with Gasteiger partial charge in [-0.2, -0.15) is 0 Å². The molecule has 2 bridgehead atoms. The van der Waals surface area contributed by atoms with Crippen LogP contribution in [-0.2, 0) is 9.47 Å². The fraction of sp³-hybridized carbons (Fsp3) is 0.391. The Bertz CT molecular complexity index is 798. The van der Waals surface area contributed by atoms with Crippen LogP contribution in [0.3, 0.4) is 0 Å². The number of carbonyl (C=O) groups excluding carboxylic acids is 2. The molecule has 0 heterocycles. The van der Waals surface area contributed by atoms with E-state index in [1.54, 1.807) is 24.3 Å². The molecule has 2 aliphatic carbocycles. The fourth-order valence-corrected chi connectivity index (χ4v) is 4.62. The second-order valence-electron chi connectivity index (χ2n) is 7.69. The van der Waals surface area contributed by atoms with Gasteiger partial charge in [0.2, 0.25) is 0 Å². The summed E-state index contributed by atoms with van der Waals surface area (Å²) in [5.74, 6) is -0.234. The van der Waals surface area contributed by atoms with Gasteiger partial charge in [0.05, 0.1) is 11.1 Å². The minimum atomic E-state index is -0.313. The molecule has 0 aliphatic heterocycles. The zero-order chi connectivity index (χ0) is 18.7. The topological polar surface area (TPSA) is 52.6 Å². The van der Waals surface area contributed by atoms with Crippen LogP contribution in [0.25, 0.3) is 0 Å². The molecule has 0 N–H and O–H groups in total. The van der Waals surface area contributed by atoms with Crippen molar-refractivity contribution in [3.63, 3.8) is 0 Å². The smallest absolute Gasteiger partial charge is 0.338 e. The number of carbonyl (C=O) groups is 2. The van der Waals surface area contributed by atoms with Crippen LogP contribution < -0.4 is 0 Å². The van der Waals surface area contributed by atoms with E-state index < -0.39 is 0 Å². The summed E-state index contributed by atoms with van der Waals surface area (Å²) in [5, 5.41) is 0. The third kappa shape index (κ3) is 3.61. The Hall–Kier alpha value is -2.62. The first-order valence-corrected chi connectivity index (χ1v) is 9.66. The predicted molar refractivity (Wildman–Crippen MR) is 101 cm³/mol. The van der Waals surface area contributed by atoms with E-state index in [1.807, 2.05) is 36.4 Å². The third-order valence-electron chi connectivity index (χ3n) is 6.04. The maximum Gasteiger partial charge on any atom is 0.338 e. The molecule has 4 nitrogen and oxygen atoms in total. The van der Waals surface area contributed by atoms with Crippen molar-refractivity contribution < 1.29 is 19.1 Å². The Labute approximate surface area is 159 Å². The summed E-state index contributed by atoms with van der Waals surface area (Å²) < 4.78 is 11.7. The highest BCUT2D eigenvalue weighted by Crippen LogP contribution is 2.53. The lowest BCUT2D eigenvalue weighted by Gasteiger charge is -2.40. The fourth-order valence-electron chi connectivity index (χ4n) is 4.62. The molecule has 27 heavy (non-hydrogen) atoms. The van der Waals surface area contributed by atoms with E-state index in [9.17, 15) is 9.59 Å². The highest BCUT2D eigenvalue weighted by Gasteiger charge is 2.53. The van der Waals surface area contributed by atoms with E-state index in [0.717, 1.165) is 32.1 Å². The number of ether oxygens (including phenoxy) is 2. The standard InChI is InChI=1S/C23H24O4/c24-21(18-8-3-1-4-9-18)26-16-23-14-7-12-17(13-15-23)20(23)27-22(25)19-10-5-2-6-11-19/h1-6,8-11,17,20H,7,12-16H2. The minimum Gasteiger partial charge on any atom is -0.461 e. The van der Waals surface area contributed by atoms with Crippen molar-refractivity contribution >= 4 is 11.9 Å². The summed E-state index contributed by atoms with van der Waals surface area (Å²) in [6, 6.07) is 18.1. The zero-order valence-corrected chi connectivity index (χ0v) is 15.3. The molecule has 140 valence electrons. The lowest BCUT2D eigenvalue weighted by Crippen LogP contribution is -2.44. The number of hydrogen-bond donors (Lipinski definition) is 0. The maximum atomic E-state index is 12.6. The van der Waals surface area contributed by atoms with Crippen molar-refractivity contribution in [3.8, 4) is 0 Å². The predicted octanol–water partition coefficient (Wildman–Crippen LogP) is 4.65. The van der Waals surface area contributed by atoms with Gasteiger partial charge in [0.1, 0.15) is 12.7 Å². The summed E-state index contributed by atoms with van der Waals surface area (Å²) in [6.07, 6.45) is 4.87. The Kier molecular flexibility index (Phi) is 4.97. The number of rotatable bonds is 5. The molecule has 0 saturated heterocycles. The van der Waals surface area contributed by atoms with Crippen LogP contribution in [0.1, 0.15) is 52.8 Å².